The van der Waals surface area contributed by atoms with Crippen LogP contribution in [0.25, 0.3) is 0 Å². The Morgan fingerprint density at radius 3 is 1.75 bits per heavy atom. The largest absolute Gasteiger partial charge is 0.392 e. The summed E-state index contributed by atoms with van der Waals surface area (Å²) in [7, 11) is 0. The van der Waals surface area contributed by atoms with Crippen molar-refractivity contribution in [1.82, 2.24) is 4.90 Å². The third-order valence-electron chi connectivity index (χ3n) is 1.58. The molecule has 0 saturated carbocycles. The third-order valence-corrected chi connectivity index (χ3v) is 1.58. The lowest BCUT2D eigenvalue weighted by atomic mass is 10.3. The van der Waals surface area contributed by atoms with Crippen molar-refractivity contribution in [2.75, 3.05) is 19.6 Å². The van der Waals surface area contributed by atoms with E-state index in [1.807, 2.05) is 0 Å². The first-order chi connectivity index (χ1) is 5.56. The van der Waals surface area contributed by atoms with Crippen molar-refractivity contribution in [2.45, 2.75) is 39.4 Å². The summed E-state index contributed by atoms with van der Waals surface area (Å²) in [4.78, 5) is 2.08. The standard InChI is InChI=1S/C9H21NO2/c1-4-5-10(6-8(2)11)7-9(3)12/h8-9,11-12H,4-7H2,1-3H3. The molecule has 0 amide bonds. The summed E-state index contributed by atoms with van der Waals surface area (Å²) < 4.78 is 0. The Hall–Kier alpha value is -0.120. The van der Waals surface area contributed by atoms with Crippen LogP contribution in [0.3, 0.4) is 0 Å². The molecule has 0 fully saturated rings. The van der Waals surface area contributed by atoms with Gasteiger partial charge in [-0.3, -0.25) is 4.90 Å². The first-order valence-corrected chi connectivity index (χ1v) is 4.64. The molecule has 2 unspecified atom stereocenters. The highest BCUT2D eigenvalue weighted by molar-refractivity contribution is 4.63. The summed E-state index contributed by atoms with van der Waals surface area (Å²) in [5.41, 5.74) is 0. The topological polar surface area (TPSA) is 43.7 Å². The van der Waals surface area contributed by atoms with Crippen molar-refractivity contribution in [2.24, 2.45) is 0 Å². The summed E-state index contributed by atoms with van der Waals surface area (Å²) >= 11 is 0. The van der Waals surface area contributed by atoms with E-state index >= 15 is 0 Å². The van der Waals surface area contributed by atoms with E-state index < -0.39 is 0 Å². The van der Waals surface area contributed by atoms with Crippen LogP contribution in [0.15, 0.2) is 0 Å². The highest BCUT2D eigenvalue weighted by Gasteiger charge is 2.09. The molecule has 0 aromatic heterocycles. The van der Waals surface area contributed by atoms with Gasteiger partial charge in [0.05, 0.1) is 12.2 Å². The number of rotatable bonds is 6. The van der Waals surface area contributed by atoms with Crippen LogP contribution < -0.4 is 0 Å². The zero-order chi connectivity index (χ0) is 9.56. The van der Waals surface area contributed by atoms with Crippen molar-refractivity contribution < 1.29 is 10.2 Å². The molecule has 74 valence electrons. The zero-order valence-electron chi connectivity index (χ0n) is 8.32. The molecule has 3 nitrogen and oxygen atoms in total. The van der Waals surface area contributed by atoms with Gasteiger partial charge in [-0.2, -0.15) is 0 Å². The maximum absolute atomic E-state index is 9.14. The Morgan fingerprint density at radius 2 is 1.50 bits per heavy atom. The van der Waals surface area contributed by atoms with Gasteiger partial charge in [-0.1, -0.05) is 6.92 Å². The van der Waals surface area contributed by atoms with Crippen molar-refractivity contribution in [3.63, 3.8) is 0 Å². The molecule has 2 atom stereocenters. The minimum atomic E-state index is -0.310. The van der Waals surface area contributed by atoms with Crippen LogP contribution in [-0.2, 0) is 0 Å². The minimum Gasteiger partial charge on any atom is -0.392 e. The summed E-state index contributed by atoms with van der Waals surface area (Å²) in [5.74, 6) is 0. The van der Waals surface area contributed by atoms with Gasteiger partial charge in [-0.15, -0.1) is 0 Å². The number of hydrogen-bond acceptors (Lipinski definition) is 3. The van der Waals surface area contributed by atoms with E-state index in [-0.39, 0.29) is 12.2 Å². The highest BCUT2D eigenvalue weighted by Crippen LogP contribution is 1.96. The predicted molar refractivity (Wildman–Crippen MR) is 50.1 cm³/mol. The van der Waals surface area contributed by atoms with Crippen LogP contribution in [0.4, 0.5) is 0 Å². The van der Waals surface area contributed by atoms with Gasteiger partial charge in [-0.25, -0.2) is 0 Å². The maximum Gasteiger partial charge on any atom is 0.0639 e. The van der Waals surface area contributed by atoms with Crippen molar-refractivity contribution >= 4 is 0 Å². The zero-order valence-corrected chi connectivity index (χ0v) is 8.32. The first kappa shape index (κ1) is 11.9. The summed E-state index contributed by atoms with van der Waals surface area (Å²) in [6.07, 6.45) is 0.435. The van der Waals surface area contributed by atoms with E-state index in [0.29, 0.717) is 13.1 Å². The Bertz CT molecular complexity index is 94.7. The second kappa shape index (κ2) is 6.40. The first-order valence-electron chi connectivity index (χ1n) is 4.64. The second-order valence-electron chi connectivity index (χ2n) is 3.46. The SMILES string of the molecule is CCCN(CC(C)O)CC(C)O. The molecule has 0 rings (SSSR count). The Balaban J connectivity index is 3.69. The fraction of sp³-hybridized carbons (Fsp3) is 1.00. The molecule has 12 heavy (non-hydrogen) atoms. The average Bonchev–Trinajstić information content (AvgIpc) is 1.84. The molecule has 0 radical (unpaired) electrons. The lowest BCUT2D eigenvalue weighted by molar-refractivity contribution is 0.0837. The molecule has 0 aromatic carbocycles. The molecule has 0 heterocycles. The molecule has 2 N–H and O–H groups in total. The van der Waals surface area contributed by atoms with Gasteiger partial charge < -0.3 is 10.2 Å². The van der Waals surface area contributed by atoms with E-state index in [9.17, 15) is 0 Å². The van der Waals surface area contributed by atoms with Crippen molar-refractivity contribution in [3.8, 4) is 0 Å². The predicted octanol–water partition coefficient (Wildman–Crippen LogP) is 0.460. The molecule has 0 aliphatic rings. The molecule has 0 aromatic rings. The lowest BCUT2D eigenvalue weighted by Crippen LogP contribution is -2.36. The van der Waals surface area contributed by atoms with Crippen LogP contribution >= 0.6 is 0 Å². The van der Waals surface area contributed by atoms with Gasteiger partial charge >= 0.3 is 0 Å². The summed E-state index contributed by atoms with van der Waals surface area (Å²) in [6.45, 7) is 7.87. The lowest BCUT2D eigenvalue weighted by Gasteiger charge is -2.24. The smallest absolute Gasteiger partial charge is 0.0639 e. The molecule has 0 saturated heterocycles. The van der Waals surface area contributed by atoms with E-state index in [2.05, 4.69) is 11.8 Å². The fourth-order valence-corrected chi connectivity index (χ4v) is 1.32. The van der Waals surface area contributed by atoms with Crippen LogP contribution in [0.1, 0.15) is 27.2 Å². The van der Waals surface area contributed by atoms with Gasteiger partial charge in [0.1, 0.15) is 0 Å². The monoisotopic (exact) mass is 175 g/mol. The second-order valence-corrected chi connectivity index (χ2v) is 3.46. The quantitative estimate of drug-likeness (QED) is 0.616. The maximum atomic E-state index is 9.14. The Kier molecular flexibility index (Phi) is 6.34. The van der Waals surface area contributed by atoms with Crippen molar-refractivity contribution in [3.05, 3.63) is 0 Å². The normalized spacial score (nSPS) is 16.5. The molecule has 3 heteroatoms. The molecule has 0 aliphatic heterocycles. The molecular weight excluding hydrogens is 154 g/mol. The van der Waals surface area contributed by atoms with Gasteiger partial charge in [-0.05, 0) is 26.8 Å². The van der Waals surface area contributed by atoms with Crippen LogP contribution in [0.5, 0.6) is 0 Å². The fourth-order valence-electron chi connectivity index (χ4n) is 1.32. The van der Waals surface area contributed by atoms with Gasteiger partial charge in [0.15, 0.2) is 0 Å². The summed E-state index contributed by atoms with van der Waals surface area (Å²) in [6, 6.07) is 0. The molecular formula is C9H21NO2. The van der Waals surface area contributed by atoms with Crippen LogP contribution in [-0.4, -0.2) is 47.0 Å². The minimum absolute atomic E-state index is 0.310. The van der Waals surface area contributed by atoms with E-state index in [1.165, 1.54) is 0 Å². The van der Waals surface area contributed by atoms with Gasteiger partial charge in [0.25, 0.3) is 0 Å². The highest BCUT2D eigenvalue weighted by atomic mass is 16.3. The third kappa shape index (κ3) is 6.58. The Labute approximate surface area is 75.0 Å². The number of nitrogens with zero attached hydrogens (tertiary/aromatic N) is 1. The van der Waals surface area contributed by atoms with Gasteiger partial charge in [0.2, 0.25) is 0 Å². The van der Waals surface area contributed by atoms with E-state index in [4.69, 9.17) is 10.2 Å². The summed E-state index contributed by atoms with van der Waals surface area (Å²) in [5, 5.41) is 18.3. The number of aliphatic hydroxyl groups excluding tert-OH is 2. The number of hydrogen-bond donors (Lipinski definition) is 2. The van der Waals surface area contributed by atoms with E-state index in [1.54, 1.807) is 13.8 Å². The van der Waals surface area contributed by atoms with Crippen LogP contribution in [0.2, 0.25) is 0 Å². The molecule has 0 spiro atoms. The molecule has 0 bridgehead atoms. The van der Waals surface area contributed by atoms with Gasteiger partial charge in [0, 0.05) is 13.1 Å². The molecule has 0 aliphatic carbocycles. The van der Waals surface area contributed by atoms with Crippen LogP contribution in [0, 0.1) is 0 Å². The van der Waals surface area contributed by atoms with Crippen molar-refractivity contribution in [1.29, 1.82) is 0 Å². The number of aliphatic hydroxyl groups is 2. The Morgan fingerprint density at radius 1 is 1.08 bits per heavy atom. The average molecular weight is 175 g/mol. The van der Waals surface area contributed by atoms with E-state index in [0.717, 1.165) is 13.0 Å².